The van der Waals surface area contributed by atoms with E-state index in [2.05, 4.69) is 36.6 Å². The van der Waals surface area contributed by atoms with Crippen LogP contribution in [0, 0.1) is 0 Å². The van der Waals surface area contributed by atoms with Crippen LogP contribution >= 0.6 is 35.1 Å². The number of anilines is 1. The summed E-state index contributed by atoms with van der Waals surface area (Å²) in [6.45, 7) is 4.20. The summed E-state index contributed by atoms with van der Waals surface area (Å²) >= 11 is 3.54. The van der Waals surface area contributed by atoms with Crippen molar-refractivity contribution in [1.82, 2.24) is 34.3 Å². The van der Waals surface area contributed by atoms with Crippen LogP contribution in [0.2, 0.25) is 0 Å². The number of fused-ring (bicyclic) bond motifs is 1. The van der Waals surface area contributed by atoms with Crippen molar-refractivity contribution < 1.29 is 24.3 Å². The van der Waals surface area contributed by atoms with Gasteiger partial charge in [-0.25, -0.2) is 4.79 Å². The molecule has 2 amide bonds. The average Bonchev–Trinajstić information content (AvgIpc) is 3.47. The van der Waals surface area contributed by atoms with Crippen molar-refractivity contribution in [3.05, 3.63) is 36.1 Å². The highest BCUT2D eigenvalue weighted by atomic mass is 32.2. The summed E-state index contributed by atoms with van der Waals surface area (Å²) in [6.07, 6.45) is 3.26. The maximum atomic E-state index is 12.9. The van der Waals surface area contributed by atoms with Crippen LogP contribution in [0.5, 0.6) is 0 Å². The van der Waals surface area contributed by atoms with Gasteiger partial charge in [-0.1, -0.05) is 23.0 Å². The number of aromatic nitrogens is 5. The smallest absolute Gasteiger partial charge is 0.352 e. The first-order chi connectivity index (χ1) is 16.8. The maximum Gasteiger partial charge on any atom is 0.352 e. The van der Waals surface area contributed by atoms with E-state index in [4.69, 9.17) is 10.6 Å². The number of nitrogens with two attached hydrogens (primary N) is 1. The molecule has 1 saturated heterocycles. The van der Waals surface area contributed by atoms with Crippen LogP contribution in [0.15, 0.2) is 40.6 Å². The highest BCUT2D eigenvalue weighted by Crippen LogP contribution is 2.41. The number of amides is 2. The molecule has 17 heteroatoms. The maximum absolute atomic E-state index is 12.9. The zero-order valence-corrected chi connectivity index (χ0v) is 20.6. The third kappa shape index (κ3) is 4.87. The molecule has 2 aromatic rings. The summed E-state index contributed by atoms with van der Waals surface area (Å²) in [4.78, 5) is 47.6. The number of aliphatic carboxylic acids is 1. The van der Waals surface area contributed by atoms with E-state index in [1.807, 2.05) is 0 Å². The molecule has 2 atom stereocenters. The number of nitrogens with zero attached hydrogens (tertiary/aromatic N) is 7. The summed E-state index contributed by atoms with van der Waals surface area (Å²) in [6, 6.07) is -0.954. The number of nitrogen functional groups attached to an aromatic ring is 1. The monoisotopic (exact) mass is 537 g/mol. The summed E-state index contributed by atoms with van der Waals surface area (Å²) in [5.41, 5.74) is 5.80. The van der Waals surface area contributed by atoms with Crippen LogP contribution in [-0.2, 0) is 25.8 Å². The Hall–Kier alpha value is -3.44. The Morgan fingerprint density at radius 3 is 2.97 bits per heavy atom. The molecule has 14 nitrogen and oxygen atoms in total. The molecule has 4 N–H and O–H groups in total. The number of carbonyl (C=O) groups excluding carboxylic acids is 2. The van der Waals surface area contributed by atoms with Crippen LogP contribution in [0.4, 0.5) is 5.13 Å². The van der Waals surface area contributed by atoms with Crippen molar-refractivity contribution in [2.45, 2.75) is 23.1 Å². The first-order valence-corrected chi connectivity index (χ1v) is 12.7. The second-order valence-electron chi connectivity index (χ2n) is 7.04. The topological polar surface area (TPSA) is 191 Å². The minimum atomic E-state index is -1.22. The average molecular weight is 538 g/mol. The van der Waals surface area contributed by atoms with E-state index < -0.39 is 29.2 Å². The predicted molar refractivity (Wildman–Crippen MR) is 128 cm³/mol. The van der Waals surface area contributed by atoms with E-state index in [-0.39, 0.29) is 22.4 Å². The van der Waals surface area contributed by atoms with Gasteiger partial charge in [0.2, 0.25) is 11.5 Å². The second-order valence-corrected chi connectivity index (χ2v) is 9.87. The first-order valence-electron chi connectivity index (χ1n) is 9.88. The molecule has 1 fully saturated rings. The molecule has 0 bridgehead atoms. The zero-order valence-electron chi connectivity index (χ0n) is 18.2. The molecule has 2 aromatic heterocycles. The van der Waals surface area contributed by atoms with E-state index in [1.165, 1.54) is 35.5 Å². The van der Waals surface area contributed by atoms with E-state index in [0.29, 0.717) is 28.8 Å². The van der Waals surface area contributed by atoms with Gasteiger partial charge in [-0.15, -0.1) is 28.5 Å². The Morgan fingerprint density at radius 1 is 1.51 bits per heavy atom. The van der Waals surface area contributed by atoms with Crippen LogP contribution in [0.3, 0.4) is 0 Å². The number of oxime groups is 1. The number of β-lactam (4-membered cyclic amide) rings is 1. The Morgan fingerprint density at radius 2 is 2.31 bits per heavy atom. The van der Waals surface area contributed by atoms with Gasteiger partial charge in [-0.05, 0) is 5.57 Å². The van der Waals surface area contributed by atoms with Crippen molar-refractivity contribution in [3.8, 4) is 0 Å². The summed E-state index contributed by atoms with van der Waals surface area (Å²) in [5.74, 6) is -1.89. The molecule has 2 aliphatic heterocycles. The van der Waals surface area contributed by atoms with E-state index in [9.17, 15) is 19.5 Å². The van der Waals surface area contributed by atoms with Gasteiger partial charge in [0, 0.05) is 29.6 Å². The van der Waals surface area contributed by atoms with Crippen molar-refractivity contribution >= 4 is 63.7 Å². The van der Waals surface area contributed by atoms with Crippen molar-refractivity contribution in [1.29, 1.82) is 0 Å². The Kier molecular flexibility index (Phi) is 7.37. The highest BCUT2D eigenvalue weighted by molar-refractivity contribution is 8.01. The third-order valence-corrected chi connectivity index (χ3v) is 7.82. The van der Waals surface area contributed by atoms with Crippen molar-refractivity contribution in [2.24, 2.45) is 5.16 Å². The number of nitrogens with one attached hydrogen (secondary N) is 1. The fourth-order valence-corrected chi connectivity index (χ4v) is 6.23. The van der Waals surface area contributed by atoms with Gasteiger partial charge in [0.25, 0.3) is 11.8 Å². The summed E-state index contributed by atoms with van der Waals surface area (Å²) in [7, 11) is 1.25. The molecule has 0 radical (unpaired) electrons. The number of carbonyl (C=O) groups is 3. The molecule has 184 valence electrons. The molecule has 0 saturated carbocycles. The molecule has 0 spiro atoms. The number of hydrogen-bond acceptors (Lipinski definition) is 13. The predicted octanol–water partition coefficient (Wildman–Crippen LogP) is -0.221. The van der Waals surface area contributed by atoms with Gasteiger partial charge in [0.1, 0.15) is 30.5 Å². The van der Waals surface area contributed by atoms with Crippen LogP contribution < -0.4 is 11.1 Å². The fraction of sp³-hybridized carbons (Fsp3) is 0.333. The molecule has 1 unspecified atom stereocenters. The normalized spacial score (nSPS) is 19.7. The van der Waals surface area contributed by atoms with Crippen molar-refractivity contribution in [2.75, 3.05) is 24.3 Å². The lowest BCUT2D eigenvalue weighted by molar-refractivity contribution is -0.150. The van der Waals surface area contributed by atoms with Crippen LogP contribution in [0.25, 0.3) is 0 Å². The molecular weight excluding hydrogens is 518 g/mol. The van der Waals surface area contributed by atoms with E-state index in [1.54, 1.807) is 17.0 Å². The van der Waals surface area contributed by atoms with Crippen LogP contribution in [0.1, 0.15) is 5.82 Å². The molecule has 4 heterocycles. The van der Waals surface area contributed by atoms with Gasteiger partial charge >= 0.3 is 5.97 Å². The number of allylic oxidation sites excluding steroid dienone is 1. The zero-order chi connectivity index (χ0) is 25.1. The Bertz CT molecular complexity index is 1240. The molecule has 0 aromatic carbocycles. The minimum absolute atomic E-state index is 0.0403. The van der Waals surface area contributed by atoms with Gasteiger partial charge < -0.3 is 25.6 Å². The quantitative estimate of drug-likeness (QED) is 0.119. The summed E-state index contributed by atoms with van der Waals surface area (Å²) < 4.78 is 5.72. The van der Waals surface area contributed by atoms with Gasteiger partial charge in [-0.2, -0.15) is 9.36 Å². The highest BCUT2D eigenvalue weighted by Gasteiger charge is 2.54. The number of rotatable bonds is 10. The molecule has 4 rings (SSSR count). The number of thioether (sulfide) groups is 2. The van der Waals surface area contributed by atoms with Gasteiger partial charge in [-0.3, -0.25) is 14.5 Å². The number of carboxylic acids is 1. The standard InChI is InChI=1S/C18H19N9O5S3/c1-3-4-26-7-20-23-18(26)34-6-8-5-33-15-10(14(29)27(15)11(8)16(30)31)21-13(28)9(24-32-2)12-22-17(19)35-25-12/h3,7,10,15H,1,4-6H2,2H3,(H,21,28)(H,30,31)(H2,19,22,25)/b24-9+/t10?,15-/m1/s1. The molecule has 2 aliphatic rings. The Balaban J connectivity index is 1.48. The van der Waals surface area contributed by atoms with E-state index >= 15 is 0 Å². The van der Waals surface area contributed by atoms with Gasteiger partial charge in [0.05, 0.1) is 0 Å². The lowest BCUT2D eigenvalue weighted by Crippen LogP contribution is -2.71. The van der Waals surface area contributed by atoms with Crippen LogP contribution in [-0.4, -0.2) is 87.7 Å². The number of carboxylic acid groups (broad SMARTS) is 1. The SMILES string of the molecule is C=CCn1cnnc1SCC1=C(C(=O)O)N2C(=O)C(NC(=O)/C(=N/OC)c3nsc(N)n3)[C@H]2SC1. The van der Waals surface area contributed by atoms with Crippen molar-refractivity contribution in [3.63, 3.8) is 0 Å². The second kappa shape index (κ2) is 10.4. The lowest BCUT2D eigenvalue weighted by atomic mass is 10.0. The molecule has 35 heavy (non-hydrogen) atoms. The number of hydrogen-bond donors (Lipinski definition) is 3. The van der Waals surface area contributed by atoms with Gasteiger partial charge in [0.15, 0.2) is 10.3 Å². The molecular formula is C18H19N9O5S3. The summed E-state index contributed by atoms with van der Waals surface area (Å²) in [5, 5.41) is 24.1. The lowest BCUT2D eigenvalue weighted by Gasteiger charge is -2.49. The minimum Gasteiger partial charge on any atom is -0.477 e. The van der Waals surface area contributed by atoms with E-state index in [0.717, 1.165) is 11.5 Å². The third-order valence-electron chi connectivity index (χ3n) is 4.87. The first kappa shape index (κ1) is 24.7. The largest absolute Gasteiger partial charge is 0.477 e. The Labute approximate surface area is 210 Å². The molecule has 0 aliphatic carbocycles. The fourth-order valence-electron chi connectivity index (χ4n) is 3.38.